The Bertz CT molecular complexity index is 1040. The highest BCUT2D eigenvalue weighted by Gasteiger charge is 2.26. The van der Waals surface area contributed by atoms with Crippen LogP contribution >= 0.6 is 0 Å². The maximum atomic E-state index is 13.0. The minimum Gasteiger partial charge on any atom is -0.493 e. The van der Waals surface area contributed by atoms with Gasteiger partial charge in [0.1, 0.15) is 6.54 Å². The Morgan fingerprint density at radius 3 is 2.27 bits per heavy atom. The molecular formula is C27H40N6O4. The van der Waals surface area contributed by atoms with Crippen molar-refractivity contribution in [2.24, 2.45) is 5.92 Å². The number of hydrogen-bond donors (Lipinski definition) is 1. The van der Waals surface area contributed by atoms with Gasteiger partial charge in [0.05, 0.1) is 19.9 Å². The largest absolute Gasteiger partial charge is 0.493 e. The number of ether oxygens (including phenoxy) is 2. The molecule has 1 fully saturated rings. The van der Waals surface area contributed by atoms with Gasteiger partial charge in [-0.15, -0.1) is 10.2 Å². The van der Waals surface area contributed by atoms with E-state index in [9.17, 15) is 9.59 Å². The van der Waals surface area contributed by atoms with E-state index in [1.165, 1.54) is 0 Å². The molecule has 1 aliphatic rings. The molecule has 202 valence electrons. The lowest BCUT2D eigenvalue weighted by Crippen LogP contribution is -2.54. The molecule has 0 bridgehead atoms. The number of aromatic nitrogens is 2. The maximum Gasteiger partial charge on any atom is 0.318 e. The lowest BCUT2D eigenvalue weighted by molar-refractivity contribution is -0.132. The van der Waals surface area contributed by atoms with E-state index >= 15 is 0 Å². The van der Waals surface area contributed by atoms with Gasteiger partial charge in [-0.05, 0) is 50.1 Å². The number of benzene rings is 1. The third-order valence-electron chi connectivity index (χ3n) is 6.54. The molecule has 3 amide bonds. The second kappa shape index (κ2) is 13.1. The van der Waals surface area contributed by atoms with Crippen molar-refractivity contribution in [3.8, 4) is 22.8 Å². The van der Waals surface area contributed by atoms with Crippen LogP contribution < -0.4 is 19.7 Å². The standard InChI is InChI=1S/C27H40N6O4/c1-7-20(4)17-33(27(35)28-19(2)3)18-26(34)32-14-12-31(13-15-32)25-11-9-22(29-30-25)21-8-10-23(36-5)24(16-21)37-6/h8-11,16,19-20H,7,12-15,17-18H2,1-6H3,(H,28,35)/t20-/m1/s1. The number of piperazine rings is 1. The number of urea groups is 1. The molecule has 2 heterocycles. The van der Waals surface area contributed by atoms with Gasteiger partial charge in [-0.3, -0.25) is 4.79 Å². The molecule has 2 aromatic rings. The molecule has 1 saturated heterocycles. The Labute approximate surface area is 219 Å². The smallest absolute Gasteiger partial charge is 0.318 e. The molecule has 1 atom stereocenters. The number of amides is 3. The van der Waals surface area contributed by atoms with Crippen LogP contribution in [-0.4, -0.2) is 91.5 Å². The molecule has 0 spiro atoms. The molecular weight excluding hydrogens is 472 g/mol. The van der Waals surface area contributed by atoms with Crippen LogP contribution in [0.4, 0.5) is 10.6 Å². The van der Waals surface area contributed by atoms with E-state index in [-0.39, 0.29) is 24.5 Å². The van der Waals surface area contributed by atoms with E-state index in [2.05, 4.69) is 34.3 Å². The van der Waals surface area contributed by atoms with Crippen molar-refractivity contribution in [2.45, 2.75) is 40.2 Å². The topological polar surface area (TPSA) is 100 Å². The predicted octanol–water partition coefficient (Wildman–Crippen LogP) is 3.28. The number of anilines is 1. The average Bonchev–Trinajstić information content (AvgIpc) is 2.91. The first-order valence-corrected chi connectivity index (χ1v) is 12.9. The highest BCUT2D eigenvalue weighted by molar-refractivity contribution is 5.84. The van der Waals surface area contributed by atoms with Crippen LogP contribution in [0.2, 0.25) is 0 Å². The maximum absolute atomic E-state index is 13.0. The number of hydrogen-bond acceptors (Lipinski definition) is 7. The van der Waals surface area contributed by atoms with Crippen LogP contribution in [-0.2, 0) is 4.79 Å². The number of nitrogens with zero attached hydrogens (tertiary/aromatic N) is 5. The van der Waals surface area contributed by atoms with Crippen molar-refractivity contribution >= 4 is 17.8 Å². The number of carbonyl (C=O) groups is 2. The van der Waals surface area contributed by atoms with Gasteiger partial charge >= 0.3 is 6.03 Å². The fourth-order valence-electron chi connectivity index (χ4n) is 4.15. The van der Waals surface area contributed by atoms with Gasteiger partial charge in [0.25, 0.3) is 0 Å². The van der Waals surface area contributed by atoms with Crippen molar-refractivity contribution in [1.29, 1.82) is 0 Å². The van der Waals surface area contributed by atoms with Crippen LogP contribution in [0.3, 0.4) is 0 Å². The van der Waals surface area contributed by atoms with E-state index in [1.54, 1.807) is 19.1 Å². The molecule has 10 heteroatoms. The fraction of sp³-hybridized carbons (Fsp3) is 0.556. The summed E-state index contributed by atoms with van der Waals surface area (Å²) in [6, 6.07) is 9.34. The minimum atomic E-state index is -0.188. The molecule has 1 N–H and O–H groups in total. The van der Waals surface area contributed by atoms with E-state index in [0.717, 1.165) is 23.5 Å². The first-order chi connectivity index (χ1) is 17.7. The number of methoxy groups -OCH3 is 2. The van der Waals surface area contributed by atoms with Crippen molar-refractivity contribution in [2.75, 3.05) is 58.4 Å². The van der Waals surface area contributed by atoms with Gasteiger partial charge in [-0.25, -0.2) is 4.79 Å². The molecule has 1 aliphatic heterocycles. The van der Waals surface area contributed by atoms with E-state index < -0.39 is 0 Å². The monoisotopic (exact) mass is 512 g/mol. The zero-order valence-electron chi connectivity index (χ0n) is 22.9. The van der Waals surface area contributed by atoms with Crippen LogP contribution in [0.15, 0.2) is 30.3 Å². The fourth-order valence-corrected chi connectivity index (χ4v) is 4.15. The van der Waals surface area contributed by atoms with Crippen LogP contribution in [0.25, 0.3) is 11.3 Å². The summed E-state index contributed by atoms with van der Waals surface area (Å²) in [6.45, 7) is 11.1. The van der Waals surface area contributed by atoms with Crippen molar-refractivity contribution in [1.82, 2.24) is 25.3 Å². The zero-order valence-corrected chi connectivity index (χ0v) is 22.9. The third kappa shape index (κ3) is 7.47. The number of carbonyl (C=O) groups excluding carboxylic acids is 2. The molecule has 0 radical (unpaired) electrons. The Kier molecular flexibility index (Phi) is 9.93. The molecule has 0 saturated carbocycles. The second-order valence-corrected chi connectivity index (χ2v) is 9.71. The molecule has 0 unspecified atom stereocenters. The summed E-state index contributed by atoms with van der Waals surface area (Å²) in [5, 5.41) is 11.8. The zero-order chi connectivity index (χ0) is 26.9. The summed E-state index contributed by atoms with van der Waals surface area (Å²) >= 11 is 0. The third-order valence-corrected chi connectivity index (χ3v) is 6.54. The Morgan fingerprint density at radius 1 is 1.00 bits per heavy atom. The Hall–Kier alpha value is -3.56. The van der Waals surface area contributed by atoms with Gasteiger partial charge in [-0.1, -0.05) is 20.3 Å². The Morgan fingerprint density at radius 2 is 1.70 bits per heavy atom. The second-order valence-electron chi connectivity index (χ2n) is 9.71. The minimum absolute atomic E-state index is 0.0184. The van der Waals surface area contributed by atoms with Gasteiger partial charge in [-0.2, -0.15) is 0 Å². The molecule has 1 aromatic heterocycles. The van der Waals surface area contributed by atoms with E-state index in [0.29, 0.717) is 50.1 Å². The lowest BCUT2D eigenvalue weighted by Gasteiger charge is -2.36. The average molecular weight is 513 g/mol. The van der Waals surface area contributed by atoms with Gasteiger partial charge in [0.15, 0.2) is 17.3 Å². The summed E-state index contributed by atoms with van der Waals surface area (Å²) < 4.78 is 10.7. The van der Waals surface area contributed by atoms with Crippen LogP contribution in [0.1, 0.15) is 34.1 Å². The molecule has 3 rings (SSSR count). The first kappa shape index (κ1) is 28.0. The normalized spacial score (nSPS) is 14.4. The lowest BCUT2D eigenvalue weighted by atomic mass is 10.1. The van der Waals surface area contributed by atoms with Gasteiger partial charge < -0.3 is 29.5 Å². The molecule has 1 aromatic carbocycles. The van der Waals surface area contributed by atoms with Gasteiger partial charge in [0, 0.05) is 44.3 Å². The number of nitrogens with one attached hydrogen (secondary N) is 1. The predicted molar refractivity (Wildman–Crippen MR) is 144 cm³/mol. The molecule has 37 heavy (non-hydrogen) atoms. The van der Waals surface area contributed by atoms with Crippen LogP contribution in [0.5, 0.6) is 11.5 Å². The quantitative estimate of drug-likeness (QED) is 0.521. The number of rotatable bonds is 10. The van der Waals surface area contributed by atoms with Gasteiger partial charge in [0.2, 0.25) is 5.91 Å². The molecule has 10 nitrogen and oxygen atoms in total. The summed E-state index contributed by atoms with van der Waals surface area (Å²) in [4.78, 5) is 31.3. The highest BCUT2D eigenvalue weighted by Crippen LogP contribution is 2.31. The summed E-state index contributed by atoms with van der Waals surface area (Å²) in [6.07, 6.45) is 0.949. The van der Waals surface area contributed by atoms with Crippen molar-refractivity contribution in [3.05, 3.63) is 30.3 Å². The highest BCUT2D eigenvalue weighted by atomic mass is 16.5. The van der Waals surface area contributed by atoms with Crippen molar-refractivity contribution in [3.63, 3.8) is 0 Å². The molecule has 0 aliphatic carbocycles. The SMILES string of the molecule is CC[C@@H](C)CN(CC(=O)N1CCN(c2ccc(-c3ccc(OC)c(OC)c3)nn2)CC1)C(=O)NC(C)C. The van der Waals surface area contributed by atoms with Crippen LogP contribution in [0, 0.1) is 5.92 Å². The van der Waals surface area contributed by atoms with Crippen molar-refractivity contribution < 1.29 is 19.1 Å². The summed E-state index contributed by atoms with van der Waals surface area (Å²) in [5.41, 5.74) is 1.62. The summed E-state index contributed by atoms with van der Waals surface area (Å²) in [7, 11) is 3.20. The van der Waals surface area contributed by atoms with E-state index in [1.807, 2.05) is 49.1 Å². The first-order valence-electron chi connectivity index (χ1n) is 12.9. The summed E-state index contributed by atoms with van der Waals surface area (Å²) in [5.74, 6) is 2.36. The Balaban J connectivity index is 1.58. The van der Waals surface area contributed by atoms with E-state index in [4.69, 9.17) is 9.47 Å².